The monoisotopic (exact) mass is 552 g/mol. The Bertz CT molecular complexity index is 1440. The number of benzene rings is 1. The molecule has 0 saturated carbocycles. The van der Waals surface area contributed by atoms with E-state index in [0.717, 1.165) is 46.8 Å². The normalized spacial score (nSPS) is 15.1. The van der Waals surface area contributed by atoms with Crippen molar-refractivity contribution in [1.29, 1.82) is 0 Å². The van der Waals surface area contributed by atoms with Crippen molar-refractivity contribution < 1.29 is 23.5 Å². The van der Waals surface area contributed by atoms with E-state index < -0.39 is 5.97 Å². The van der Waals surface area contributed by atoms with Crippen LogP contribution in [0.15, 0.2) is 52.2 Å². The summed E-state index contributed by atoms with van der Waals surface area (Å²) in [4.78, 5) is 26.7. The number of thioether (sulfide) groups is 1. The lowest BCUT2D eigenvalue weighted by Gasteiger charge is -2.14. The summed E-state index contributed by atoms with van der Waals surface area (Å²) in [5.41, 5.74) is 2.87. The molecular formula is C27H28N4O5S2. The summed E-state index contributed by atoms with van der Waals surface area (Å²) >= 11 is 2.64. The van der Waals surface area contributed by atoms with Crippen LogP contribution in [0.2, 0.25) is 0 Å². The van der Waals surface area contributed by atoms with E-state index in [1.54, 1.807) is 6.26 Å². The molecule has 11 heteroatoms. The number of methoxy groups -OCH3 is 1. The van der Waals surface area contributed by atoms with Gasteiger partial charge < -0.3 is 19.2 Å². The second-order valence-corrected chi connectivity index (χ2v) is 11.0. The maximum absolute atomic E-state index is 13.1. The van der Waals surface area contributed by atoms with Crippen LogP contribution in [0.4, 0.5) is 5.00 Å². The molecule has 1 saturated heterocycles. The number of hydrogen-bond donors (Lipinski definition) is 1. The number of aromatic nitrogens is 3. The predicted molar refractivity (Wildman–Crippen MR) is 147 cm³/mol. The number of rotatable bonds is 9. The van der Waals surface area contributed by atoms with Gasteiger partial charge in [-0.15, -0.1) is 21.5 Å². The molecule has 3 aromatic heterocycles. The molecule has 1 N–H and O–H groups in total. The molecule has 1 fully saturated rings. The summed E-state index contributed by atoms with van der Waals surface area (Å²) < 4.78 is 18.4. The van der Waals surface area contributed by atoms with Crippen molar-refractivity contribution in [2.45, 2.75) is 44.5 Å². The van der Waals surface area contributed by atoms with Crippen LogP contribution in [-0.2, 0) is 20.8 Å². The first-order valence-electron chi connectivity index (χ1n) is 12.2. The topological polar surface area (TPSA) is 108 Å². The smallest absolute Gasteiger partial charge is 0.341 e. The third kappa shape index (κ3) is 5.40. The molecule has 1 atom stereocenters. The number of hydrogen-bond acceptors (Lipinski definition) is 9. The highest BCUT2D eigenvalue weighted by atomic mass is 32.2. The second-order valence-electron chi connectivity index (χ2n) is 8.87. The van der Waals surface area contributed by atoms with Gasteiger partial charge in [0.1, 0.15) is 16.3 Å². The molecule has 4 aromatic rings. The van der Waals surface area contributed by atoms with Gasteiger partial charge in [-0.3, -0.25) is 9.36 Å². The summed E-state index contributed by atoms with van der Waals surface area (Å²) in [7, 11) is 1.34. The molecule has 0 aliphatic carbocycles. The number of furan rings is 1. The van der Waals surface area contributed by atoms with Gasteiger partial charge in [-0.25, -0.2) is 4.79 Å². The number of esters is 1. The molecule has 1 aromatic carbocycles. The Balaban J connectivity index is 1.36. The quantitative estimate of drug-likeness (QED) is 0.212. The Morgan fingerprint density at radius 2 is 2.03 bits per heavy atom. The number of carbonyl (C=O) groups excluding carboxylic acids is 2. The fourth-order valence-electron chi connectivity index (χ4n) is 4.54. The first-order valence-corrected chi connectivity index (χ1v) is 14.1. The van der Waals surface area contributed by atoms with E-state index in [4.69, 9.17) is 13.9 Å². The Labute approximate surface area is 228 Å². The molecule has 1 unspecified atom stereocenters. The minimum absolute atomic E-state index is 0.0678. The van der Waals surface area contributed by atoms with Gasteiger partial charge in [0.2, 0.25) is 5.91 Å². The third-order valence-corrected chi connectivity index (χ3v) is 8.34. The second kappa shape index (κ2) is 11.5. The molecule has 0 spiro atoms. The number of nitrogens with one attached hydrogen (secondary N) is 1. The van der Waals surface area contributed by atoms with Crippen LogP contribution < -0.4 is 5.32 Å². The van der Waals surface area contributed by atoms with Crippen LogP contribution in [0.25, 0.3) is 22.5 Å². The van der Waals surface area contributed by atoms with E-state index in [0.29, 0.717) is 28.1 Å². The van der Waals surface area contributed by atoms with Gasteiger partial charge in [0.05, 0.1) is 37.3 Å². The third-order valence-electron chi connectivity index (χ3n) is 6.35. The van der Waals surface area contributed by atoms with E-state index >= 15 is 0 Å². The molecule has 0 bridgehead atoms. The van der Waals surface area contributed by atoms with Gasteiger partial charge in [-0.2, -0.15) is 0 Å². The standard InChI is InChI=1S/C27H28N4O5S2/c1-16-20(11-13-35-16)24-29-30-27(31(24)14-19-10-7-12-36-19)37-15-21(32)28-25-23(26(33)34-3)22(17(2)38-25)18-8-5-4-6-9-18/h4-6,8-9,11,13,19H,7,10,12,14-15H2,1-3H3,(H,28,32). The first-order chi connectivity index (χ1) is 18.5. The summed E-state index contributed by atoms with van der Waals surface area (Å²) in [5, 5.41) is 12.8. The van der Waals surface area contributed by atoms with E-state index in [-0.39, 0.29) is 17.8 Å². The van der Waals surface area contributed by atoms with Crippen LogP contribution in [0.1, 0.15) is 33.8 Å². The van der Waals surface area contributed by atoms with Crippen LogP contribution in [0.3, 0.4) is 0 Å². The Morgan fingerprint density at radius 3 is 2.71 bits per heavy atom. The lowest BCUT2D eigenvalue weighted by molar-refractivity contribution is -0.113. The molecule has 9 nitrogen and oxygen atoms in total. The lowest BCUT2D eigenvalue weighted by atomic mass is 10.0. The van der Waals surface area contributed by atoms with Gasteiger partial charge in [-0.05, 0) is 38.3 Å². The average molecular weight is 553 g/mol. The molecule has 1 aliphatic heterocycles. The van der Waals surface area contributed by atoms with Crippen LogP contribution in [0, 0.1) is 13.8 Å². The van der Waals surface area contributed by atoms with E-state index in [9.17, 15) is 9.59 Å². The summed E-state index contributed by atoms with van der Waals surface area (Å²) in [5.74, 6) is 0.773. The van der Waals surface area contributed by atoms with Gasteiger partial charge in [-0.1, -0.05) is 42.1 Å². The first kappa shape index (κ1) is 26.2. The zero-order valence-electron chi connectivity index (χ0n) is 21.4. The van der Waals surface area contributed by atoms with Crippen molar-refractivity contribution >= 4 is 40.0 Å². The SMILES string of the molecule is COC(=O)c1c(NC(=O)CSc2nnc(-c3ccoc3C)n2CC2CCCO2)sc(C)c1-c1ccccc1. The highest BCUT2D eigenvalue weighted by Gasteiger charge is 2.26. The lowest BCUT2D eigenvalue weighted by Crippen LogP contribution is -2.18. The van der Waals surface area contributed by atoms with Crippen molar-refractivity contribution in [3.8, 4) is 22.5 Å². The number of thiophene rings is 1. The number of amides is 1. The number of anilines is 1. The van der Waals surface area contributed by atoms with Gasteiger partial charge in [0.25, 0.3) is 0 Å². The largest absolute Gasteiger partial charge is 0.469 e. The predicted octanol–water partition coefficient (Wildman–Crippen LogP) is 5.58. The van der Waals surface area contributed by atoms with Gasteiger partial charge >= 0.3 is 5.97 Å². The Hall–Kier alpha value is -3.41. The van der Waals surface area contributed by atoms with Crippen molar-refractivity contribution in [2.75, 3.05) is 24.8 Å². The van der Waals surface area contributed by atoms with Crippen molar-refractivity contribution in [3.63, 3.8) is 0 Å². The zero-order chi connectivity index (χ0) is 26.6. The summed E-state index contributed by atoms with van der Waals surface area (Å²) in [6, 6.07) is 11.5. The summed E-state index contributed by atoms with van der Waals surface area (Å²) in [6.45, 7) is 5.14. The fourth-order valence-corrected chi connectivity index (χ4v) is 6.37. The Kier molecular flexibility index (Phi) is 7.96. The minimum atomic E-state index is -0.493. The van der Waals surface area contributed by atoms with Crippen LogP contribution in [0.5, 0.6) is 0 Å². The van der Waals surface area contributed by atoms with E-state index in [1.807, 2.05) is 54.8 Å². The van der Waals surface area contributed by atoms with Crippen molar-refractivity contribution in [2.24, 2.45) is 0 Å². The highest BCUT2D eigenvalue weighted by molar-refractivity contribution is 7.99. The minimum Gasteiger partial charge on any atom is -0.469 e. The molecule has 0 radical (unpaired) electrons. The van der Waals surface area contributed by atoms with Crippen molar-refractivity contribution in [3.05, 3.63) is 58.9 Å². The van der Waals surface area contributed by atoms with Crippen LogP contribution >= 0.6 is 23.1 Å². The molecule has 1 amide bonds. The van der Waals surface area contributed by atoms with E-state index in [2.05, 4.69) is 15.5 Å². The number of ether oxygens (including phenoxy) is 2. The molecular weight excluding hydrogens is 524 g/mol. The fraction of sp³-hybridized carbons (Fsp3) is 0.333. The summed E-state index contributed by atoms with van der Waals surface area (Å²) in [6.07, 6.45) is 3.68. The molecule has 4 heterocycles. The molecule has 38 heavy (non-hydrogen) atoms. The molecule has 5 rings (SSSR count). The molecule has 1 aliphatic rings. The maximum atomic E-state index is 13.1. The number of carbonyl (C=O) groups is 2. The van der Waals surface area contributed by atoms with Gasteiger partial charge in [0.15, 0.2) is 11.0 Å². The molecule has 198 valence electrons. The average Bonchev–Trinajstić information content (AvgIpc) is 3.71. The maximum Gasteiger partial charge on any atom is 0.341 e. The number of aryl methyl sites for hydroxylation is 2. The van der Waals surface area contributed by atoms with Gasteiger partial charge in [0, 0.05) is 17.0 Å². The zero-order valence-corrected chi connectivity index (χ0v) is 23.0. The Morgan fingerprint density at radius 1 is 1.21 bits per heavy atom. The number of nitrogens with zero attached hydrogens (tertiary/aromatic N) is 3. The highest BCUT2D eigenvalue weighted by Crippen LogP contribution is 2.40. The van der Waals surface area contributed by atoms with Crippen molar-refractivity contribution in [1.82, 2.24) is 14.8 Å². The van der Waals surface area contributed by atoms with Crippen LogP contribution in [-0.4, -0.2) is 52.2 Å². The van der Waals surface area contributed by atoms with E-state index in [1.165, 1.54) is 30.2 Å².